The van der Waals surface area contributed by atoms with Crippen molar-refractivity contribution in [2.75, 3.05) is 5.32 Å². The quantitative estimate of drug-likeness (QED) is 0.883. The van der Waals surface area contributed by atoms with Crippen molar-refractivity contribution in [3.8, 4) is 0 Å². The van der Waals surface area contributed by atoms with Crippen molar-refractivity contribution in [2.24, 2.45) is 11.7 Å². The maximum absolute atomic E-state index is 13.1. The fraction of sp³-hybridized carbons (Fsp3) is 0.235. The van der Waals surface area contributed by atoms with Gasteiger partial charge in [-0.05, 0) is 54.7 Å². The van der Waals surface area contributed by atoms with Gasteiger partial charge in [0.2, 0.25) is 5.91 Å². The van der Waals surface area contributed by atoms with Crippen LogP contribution in [0.25, 0.3) is 0 Å². The molecule has 1 fully saturated rings. The Balaban J connectivity index is 1.84. The van der Waals surface area contributed by atoms with Crippen molar-refractivity contribution in [2.45, 2.75) is 18.9 Å². The van der Waals surface area contributed by atoms with Crippen LogP contribution in [0.3, 0.4) is 0 Å². The Kier molecular flexibility index (Phi) is 3.60. The first-order valence-corrected chi connectivity index (χ1v) is 7.05. The number of hydrogen-bond acceptors (Lipinski definition) is 2. The van der Waals surface area contributed by atoms with E-state index >= 15 is 0 Å². The van der Waals surface area contributed by atoms with Gasteiger partial charge in [-0.15, -0.1) is 0 Å². The molecule has 108 valence electrons. The first-order valence-electron chi connectivity index (χ1n) is 7.05. The third-order valence-corrected chi connectivity index (χ3v) is 3.79. The van der Waals surface area contributed by atoms with E-state index in [1.165, 1.54) is 12.1 Å². The third-order valence-electron chi connectivity index (χ3n) is 3.79. The zero-order chi connectivity index (χ0) is 14.8. The molecule has 3 rings (SSSR count). The van der Waals surface area contributed by atoms with Crippen molar-refractivity contribution >= 4 is 11.6 Å². The molecule has 2 aromatic rings. The van der Waals surface area contributed by atoms with Crippen LogP contribution in [0.2, 0.25) is 0 Å². The van der Waals surface area contributed by atoms with Crippen LogP contribution in [-0.4, -0.2) is 5.91 Å². The van der Waals surface area contributed by atoms with Gasteiger partial charge in [0.05, 0.1) is 6.04 Å². The minimum Gasteiger partial charge on any atom is -0.378 e. The summed E-state index contributed by atoms with van der Waals surface area (Å²) in [6.07, 6.45) is 2.31. The van der Waals surface area contributed by atoms with E-state index in [1.807, 2.05) is 18.2 Å². The van der Waals surface area contributed by atoms with E-state index in [9.17, 15) is 9.18 Å². The summed E-state index contributed by atoms with van der Waals surface area (Å²) in [5, 5.41) is 3.44. The molecule has 1 aliphatic carbocycles. The Morgan fingerprint density at radius 3 is 2.52 bits per heavy atom. The van der Waals surface area contributed by atoms with Gasteiger partial charge in [-0.25, -0.2) is 4.39 Å². The van der Waals surface area contributed by atoms with Gasteiger partial charge in [-0.2, -0.15) is 0 Å². The molecule has 1 amide bonds. The predicted octanol–water partition coefficient (Wildman–Crippen LogP) is 3.49. The summed E-state index contributed by atoms with van der Waals surface area (Å²) in [7, 11) is 0. The van der Waals surface area contributed by atoms with Crippen molar-refractivity contribution in [3.05, 3.63) is 65.5 Å². The summed E-state index contributed by atoms with van der Waals surface area (Å²) in [6, 6.07) is 13.9. The van der Waals surface area contributed by atoms with Crippen molar-refractivity contribution < 1.29 is 9.18 Å². The van der Waals surface area contributed by atoms with E-state index in [-0.39, 0.29) is 11.9 Å². The topological polar surface area (TPSA) is 55.1 Å². The molecule has 1 aliphatic rings. The molecule has 4 heteroatoms. The van der Waals surface area contributed by atoms with Gasteiger partial charge in [0.25, 0.3) is 0 Å². The summed E-state index contributed by atoms with van der Waals surface area (Å²) < 4.78 is 13.1. The fourth-order valence-corrected chi connectivity index (χ4v) is 2.51. The van der Waals surface area contributed by atoms with Crippen LogP contribution in [0.4, 0.5) is 10.1 Å². The number of nitrogens with one attached hydrogen (secondary N) is 1. The Bertz CT molecular complexity index is 650. The summed E-state index contributed by atoms with van der Waals surface area (Å²) in [6.45, 7) is 0. The molecule has 0 bridgehead atoms. The van der Waals surface area contributed by atoms with E-state index in [0.29, 0.717) is 11.5 Å². The number of nitrogens with two attached hydrogens (primary N) is 1. The Morgan fingerprint density at radius 1 is 1.19 bits per heavy atom. The number of rotatable bonds is 5. The first-order chi connectivity index (χ1) is 10.1. The Labute approximate surface area is 123 Å². The molecule has 0 saturated heterocycles. The number of carbonyl (C=O) groups excluding carboxylic acids is 1. The average Bonchev–Trinajstić information content (AvgIpc) is 3.31. The van der Waals surface area contributed by atoms with Crippen LogP contribution < -0.4 is 11.1 Å². The summed E-state index contributed by atoms with van der Waals surface area (Å²) >= 11 is 0. The molecule has 21 heavy (non-hydrogen) atoms. The average molecular weight is 284 g/mol. The molecule has 0 spiro atoms. The largest absolute Gasteiger partial charge is 0.378 e. The molecule has 1 atom stereocenters. The minimum atomic E-state index is -0.441. The van der Waals surface area contributed by atoms with Gasteiger partial charge in [0.15, 0.2) is 0 Å². The van der Waals surface area contributed by atoms with Crippen LogP contribution in [0.5, 0.6) is 0 Å². The third kappa shape index (κ3) is 3.21. The first kappa shape index (κ1) is 13.6. The molecule has 0 aliphatic heterocycles. The lowest BCUT2D eigenvalue weighted by Gasteiger charge is -2.20. The standard InChI is InChI=1S/C17H17FN2O/c18-14-8-6-12(7-9-14)16(11-4-5-11)20-15-3-1-2-13(10-15)17(19)21/h1-3,6-11,16,20H,4-5H2,(H2,19,21). The molecule has 2 aromatic carbocycles. The predicted molar refractivity (Wildman–Crippen MR) is 80.4 cm³/mol. The second-order valence-electron chi connectivity index (χ2n) is 5.46. The Morgan fingerprint density at radius 2 is 1.90 bits per heavy atom. The molecule has 0 radical (unpaired) electrons. The van der Waals surface area contributed by atoms with Gasteiger partial charge in [-0.1, -0.05) is 18.2 Å². The highest BCUT2D eigenvalue weighted by Gasteiger charge is 2.32. The second kappa shape index (κ2) is 5.56. The van der Waals surface area contributed by atoms with Crippen LogP contribution >= 0.6 is 0 Å². The molecule has 0 heterocycles. The van der Waals surface area contributed by atoms with Gasteiger partial charge in [0.1, 0.15) is 5.82 Å². The number of anilines is 1. The van der Waals surface area contributed by atoms with E-state index in [4.69, 9.17) is 5.73 Å². The molecular formula is C17H17FN2O. The second-order valence-corrected chi connectivity index (χ2v) is 5.46. The van der Waals surface area contributed by atoms with Gasteiger partial charge in [-0.3, -0.25) is 4.79 Å². The van der Waals surface area contributed by atoms with E-state index in [2.05, 4.69) is 5.32 Å². The van der Waals surface area contributed by atoms with Gasteiger partial charge in [0, 0.05) is 11.3 Å². The highest BCUT2D eigenvalue weighted by atomic mass is 19.1. The number of primary amides is 1. The molecular weight excluding hydrogens is 267 g/mol. The molecule has 0 aromatic heterocycles. The Hall–Kier alpha value is -2.36. The number of hydrogen-bond donors (Lipinski definition) is 2. The lowest BCUT2D eigenvalue weighted by molar-refractivity contribution is 0.100. The smallest absolute Gasteiger partial charge is 0.248 e. The molecule has 3 nitrogen and oxygen atoms in total. The zero-order valence-electron chi connectivity index (χ0n) is 11.6. The number of halogens is 1. The SMILES string of the molecule is NC(=O)c1cccc(NC(c2ccc(F)cc2)C2CC2)c1. The fourth-order valence-electron chi connectivity index (χ4n) is 2.51. The summed E-state index contributed by atoms with van der Waals surface area (Å²) in [5.74, 6) is -0.125. The maximum atomic E-state index is 13.1. The highest BCUT2D eigenvalue weighted by molar-refractivity contribution is 5.93. The van der Waals surface area contributed by atoms with E-state index in [0.717, 1.165) is 24.1 Å². The van der Waals surface area contributed by atoms with Crippen molar-refractivity contribution in [1.82, 2.24) is 0 Å². The normalized spacial score (nSPS) is 15.5. The van der Waals surface area contributed by atoms with E-state index < -0.39 is 5.91 Å². The van der Waals surface area contributed by atoms with Gasteiger partial charge >= 0.3 is 0 Å². The minimum absolute atomic E-state index is 0.133. The van der Waals surface area contributed by atoms with Crippen LogP contribution in [-0.2, 0) is 0 Å². The van der Waals surface area contributed by atoms with Crippen molar-refractivity contribution in [3.63, 3.8) is 0 Å². The lowest BCUT2D eigenvalue weighted by Crippen LogP contribution is -2.15. The lowest BCUT2D eigenvalue weighted by atomic mass is 10.0. The molecule has 3 N–H and O–H groups in total. The number of benzene rings is 2. The van der Waals surface area contributed by atoms with E-state index in [1.54, 1.807) is 18.2 Å². The van der Waals surface area contributed by atoms with Crippen LogP contribution in [0.1, 0.15) is 34.8 Å². The molecule has 1 unspecified atom stereocenters. The zero-order valence-corrected chi connectivity index (χ0v) is 11.6. The van der Waals surface area contributed by atoms with Crippen molar-refractivity contribution in [1.29, 1.82) is 0 Å². The highest BCUT2D eigenvalue weighted by Crippen LogP contribution is 2.42. The number of carbonyl (C=O) groups is 1. The maximum Gasteiger partial charge on any atom is 0.248 e. The van der Waals surface area contributed by atoms with Gasteiger partial charge < -0.3 is 11.1 Å². The van der Waals surface area contributed by atoms with Crippen LogP contribution in [0, 0.1) is 11.7 Å². The molecule has 1 saturated carbocycles. The monoisotopic (exact) mass is 284 g/mol. The summed E-state index contributed by atoms with van der Waals surface area (Å²) in [4.78, 5) is 11.2. The summed E-state index contributed by atoms with van der Waals surface area (Å²) in [5.41, 5.74) is 7.70. The van der Waals surface area contributed by atoms with Crippen LogP contribution in [0.15, 0.2) is 48.5 Å². The number of amides is 1.